The summed E-state index contributed by atoms with van der Waals surface area (Å²) in [6.07, 6.45) is 2.73. The molecule has 1 amide bonds. The average Bonchev–Trinajstić information content (AvgIpc) is 2.36. The molecule has 5 heteroatoms. The summed E-state index contributed by atoms with van der Waals surface area (Å²) >= 11 is 0. The predicted molar refractivity (Wildman–Crippen MR) is 76.8 cm³/mol. The number of carbonyl (C=O) groups is 1. The Labute approximate surface area is 111 Å². The molecule has 4 N–H and O–H groups in total. The van der Waals surface area contributed by atoms with Crippen molar-refractivity contribution in [1.29, 1.82) is 0 Å². The highest BCUT2D eigenvalue weighted by Gasteiger charge is 1.96. The maximum atomic E-state index is 11.1. The van der Waals surface area contributed by atoms with Crippen molar-refractivity contribution in [3.8, 4) is 0 Å². The Hall–Kier alpha value is -0.650. The molecule has 0 atom stereocenters. The third-order valence-corrected chi connectivity index (χ3v) is 2.48. The van der Waals surface area contributed by atoms with E-state index in [1.165, 1.54) is 6.42 Å². The van der Waals surface area contributed by atoms with E-state index in [2.05, 4.69) is 28.2 Å². The van der Waals surface area contributed by atoms with Crippen LogP contribution in [0.4, 0.5) is 0 Å². The van der Waals surface area contributed by atoms with Gasteiger partial charge in [0.15, 0.2) is 0 Å². The summed E-state index contributed by atoms with van der Waals surface area (Å²) in [5.41, 5.74) is 0. The fourth-order valence-electron chi connectivity index (χ4n) is 1.51. The van der Waals surface area contributed by atoms with Crippen LogP contribution in [0.3, 0.4) is 0 Å². The van der Waals surface area contributed by atoms with Crippen LogP contribution in [0.1, 0.15) is 33.1 Å². The number of carbonyl (C=O) groups excluding carboxylic acids is 1. The van der Waals surface area contributed by atoms with E-state index >= 15 is 0 Å². The van der Waals surface area contributed by atoms with Crippen molar-refractivity contribution in [2.75, 3.05) is 45.8 Å². The Morgan fingerprint density at radius 3 is 1.72 bits per heavy atom. The molecule has 0 bridgehead atoms. The summed E-state index contributed by atoms with van der Waals surface area (Å²) in [7, 11) is 0. The summed E-state index contributed by atoms with van der Waals surface area (Å²) in [5.74, 6) is 0.152. The van der Waals surface area contributed by atoms with Crippen LogP contribution in [0.5, 0.6) is 0 Å². The van der Waals surface area contributed by atoms with E-state index in [0.29, 0.717) is 6.42 Å². The monoisotopic (exact) mass is 258 g/mol. The fourth-order valence-corrected chi connectivity index (χ4v) is 1.51. The number of nitrogens with one attached hydrogen (secondary N) is 4. The Balaban J connectivity index is 3.01. The Kier molecular flexibility index (Phi) is 13.9. The second-order valence-electron chi connectivity index (χ2n) is 4.35. The lowest BCUT2D eigenvalue weighted by atomic mass is 10.3. The summed E-state index contributed by atoms with van der Waals surface area (Å²) in [4.78, 5) is 11.1. The molecule has 0 aliphatic heterocycles. The zero-order valence-electron chi connectivity index (χ0n) is 12.0. The molecule has 0 fully saturated rings. The zero-order chi connectivity index (χ0) is 13.5. The molecule has 18 heavy (non-hydrogen) atoms. The largest absolute Gasteiger partial charge is 0.355 e. The van der Waals surface area contributed by atoms with Crippen LogP contribution in [-0.2, 0) is 4.79 Å². The minimum atomic E-state index is 0.152. The van der Waals surface area contributed by atoms with Gasteiger partial charge in [0, 0.05) is 45.7 Å². The maximum Gasteiger partial charge on any atom is 0.220 e. The van der Waals surface area contributed by atoms with Gasteiger partial charge in [0.2, 0.25) is 5.91 Å². The van der Waals surface area contributed by atoms with E-state index in [-0.39, 0.29) is 5.91 Å². The molecule has 0 aromatic rings. The molecule has 0 saturated carbocycles. The van der Waals surface area contributed by atoms with Crippen LogP contribution >= 0.6 is 0 Å². The molecule has 0 aromatic carbocycles. The molecule has 0 heterocycles. The van der Waals surface area contributed by atoms with Crippen LogP contribution in [0, 0.1) is 0 Å². The van der Waals surface area contributed by atoms with Gasteiger partial charge in [0.1, 0.15) is 0 Å². The number of rotatable bonds is 13. The minimum Gasteiger partial charge on any atom is -0.355 e. The lowest BCUT2D eigenvalue weighted by Crippen LogP contribution is -2.36. The normalized spacial score (nSPS) is 10.6. The van der Waals surface area contributed by atoms with Crippen molar-refractivity contribution < 1.29 is 4.79 Å². The first kappa shape index (κ1) is 17.4. The maximum absolute atomic E-state index is 11.1. The smallest absolute Gasteiger partial charge is 0.220 e. The van der Waals surface area contributed by atoms with E-state index in [9.17, 15) is 4.79 Å². The van der Waals surface area contributed by atoms with Crippen molar-refractivity contribution in [3.05, 3.63) is 0 Å². The van der Waals surface area contributed by atoms with E-state index in [4.69, 9.17) is 0 Å². The molecular formula is C13H30N4O. The Morgan fingerprint density at radius 2 is 1.22 bits per heavy atom. The summed E-state index contributed by atoms with van der Waals surface area (Å²) in [6, 6.07) is 0. The van der Waals surface area contributed by atoms with E-state index in [0.717, 1.165) is 52.2 Å². The Morgan fingerprint density at radius 1 is 0.722 bits per heavy atom. The minimum absolute atomic E-state index is 0.152. The van der Waals surface area contributed by atoms with Crippen LogP contribution in [0.15, 0.2) is 0 Å². The molecule has 0 aromatic heterocycles. The van der Waals surface area contributed by atoms with Gasteiger partial charge in [0.25, 0.3) is 0 Å². The van der Waals surface area contributed by atoms with Gasteiger partial charge in [-0.3, -0.25) is 4.79 Å². The van der Waals surface area contributed by atoms with Gasteiger partial charge in [-0.15, -0.1) is 0 Å². The highest BCUT2D eigenvalue weighted by atomic mass is 16.1. The molecule has 0 saturated heterocycles. The van der Waals surface area contributed by atoms with Gasteiger partial charge in [0.05, 0.1) is 0 Å². The SMILES string of the molecule is CCCNCCNCCNCCNC(=O)CCC. The zero-order valence-corrected chi connectivity index (χ0v) is 12.0. The highest BCUT2D eigenvalue weighted by Crippen LogP contribution is 1.83. The molecule has 0 rings (SSSR count). The van der Waals surface area contributed by atoms with Crippen molar-refractivity contribution in [1.82, 2.24) is 21.3 Å². The molecule has 0 unspecified atom stereocenters. The third-order valence-electron chi connectivity index (χ3n) is 2.48. The molecule has 0 aliphatic rings. The second kappa shape index (κ2) is 14.4. The van der Waals surface area contributed by atoms with Crippen molar-refractivity contribution in [2.45, 2.75) is 33.1 Å². The quantitative estimate of drug-likeness (QED) is 0.353. The van der Waals surface area contributed by atoms with Crippen LogP contribution in [-0.4, -0.2) is 51.7 Å². The van der Waals surface area contributed by atoms with Gasteiger partial charge in [-0.05, 0) is 19.4 Å². The summed E-state index contributed by atoms with van der Waals surface area (Å²) in [5, 5.41) is 12.9. The number of amides is 1. The second-order valence-corrected chi connectivity index (χ2v) is 4.35. The standard InChI is InChI=1S/C13H30N4O/c1-3-5-13(18)17-12-11-16-10-9-15-8-7-14-6-4-2/h14-16H,3-12H2,1-2H3,(H,17,18). The van der Waals surface area contributed by atoms with Gasteiger partial charge >= 0.3 is 0 Å². The van der Waals surface area contributed by atoms with Crippen LogP contribution < -0.4 is 21.3 Å². The lowest BCUT2D eigenvalue weighted by molar-refractivity contribution is -0.121. The highest BCUT2D eigenvalue weighted by molar-refractivity contribution is 5.75. The van der Waals surface area contributed by atoms with E-state index < -0.39 is 0 Å². The van der Waals surface area contributed by atoms with Crippen molar-refractivity contribution >= 4 is 5.91 Å². The molecule has 5 nitrogen and oxygen atoms in total. The average molecular weight is 258 g/mol. The molecule has 0 aliphatic carbocycles. The van der Waals surface area contributed by atoms with Gasteiger partial charge < -0.3 is 21.3 Å². The first-order valence-electron chi connectivity index (χ1n) is 7.20. The first-order chi connectivity index (χ1) is 8.81. The summed E-state index contributed by atoms with van der Waals surface area (Å²) < 4.78 is 0. The predicted octanol–water partition coefficient (Wildman–Crippen LogP) is 0.0815. The van der Waals surface area contributed by atoms with E-state index in [1.807, 2.05) is 6.92 Å². The summed E-state index contributed by atoms with van der Waals surface area (Å²) in [6.45, 7) is 10.8. The molecule has 0 radical (unpaired) electrons. The molecule has 0 spiro atoms. The van der Waals surface area contributed by atoms with Crippen LogP contribution in [0.25, 0.3) is 0 Å². The van der Waals surface area contributed by atoms with Gasteiger partial charge in [-0.2, -0.15) is 0 Å². The van der Waals surface area contributed by atoms with Crippen molar-refractivity contribution in [3.63, 3.8) is 0 Å². The van der Waals surface area contributed by atoms with Crippen LogP contribution in [0.2, 0.25) is 0 Å². The number of hydrogen-bond donors (Lipinski definition) is 4. The van der Waals surface area contributed by atoms with Crippen molar-refractivity contribution in [2.24, 2.45) is 0 Å². The third kappa shape index (κ3) is 13.4. The number of hydrogen-bond acceptors (Lipinski definition) is 4. The lowest BCUT2D eigenvalue weighted by Gasteiger charge is -2.08. The Bertz CT molecular complexity index is 188. The molecular weight excluding hydrogens is 228 g/mol. The molecule has 108 valence electrons. The topological polar surface area (TPSA) is 65.2 Å². The first-order valence-corrected chi connectivity index (χ1v) is 7.20. The van der Waals surface area contributed by atoms with Gasteiger partial charge in [-0.25, -0.2) is 0 Å². The fraction of sp³-hybridized carbons (Fsp3) is 0.923. The van der Waals surface area contributed by atoms with E-state index in [1.54, 1.807) is 0 Å². The van der Waals surface area contributed by atoms with Gasteiger partial charge in [-0.1, -0.05) is 13.8 Å².